The fraction of sp³-hybridized carbons (Fsp3) is 0.479. The fourth-order valence-electron chi connectivity index (χ4n) is 12.4. The van der Waals surface area contributed by atoms with Crippen molar-refractivity contribution in [3.05, 3.63) is 92.1 Å². The van der Waals surface area contributed by atoms with Crippen LogP contribution in [0.5, 0.6) is 5.75 Å². The number of rotatable bonds is 8. The van der Waals surface area contributed by atoms with Crippen molar-refractivity contribution in [3.8, 4) is 5.75 Å². The number of fused-ring (bicyclic) bond motifs is 4. The highest BCUT2D eigenvalue weighted by molar-refractivity contribution is 6.31. The maximum Gasteiger partial charge on any atom is 0.329 e. The molecule has 5 amide bonds. The van der Waals surface area contributed by atoms with E-state index in [1.54, 1.807) is 55.6 Å². The number of nitrogens with one attached hydrogen (secondary N) is 4. The second-order valence-electron chi connectivity index (χ2n) is 19.0. The number of piperidine rings is 1. The largest absolute Gasteiger partial charge is 0.488 e. The number of ether oxygens (including phenoxy) is 1. The molecule has 10 rings (SSSR count). The average Bonchev–Trinajstić information content (AvgIpc) is 4.01. The average molecular weight is 959 g/mol. The second kappa shape index (κ2) is 17.1. The van der Waals surface area contributed by atoms with Crippen LogP contribution in [0.2, 0.25) is 10.0 Å². The quantitative estimate of drug-likeness (QED) is 0.146. The van der Waals surface area contributed by atoms with Gasteiger partial charge in [-0.25, -0.2) is 14.0 Å². The Morgan fingerprint density at radius 2 is 1.67 bits per heavy atom. The summed E-state index contributed by atoms with van der Waals surface area (Å²) in [6.45, 7) is 0.0158. The summed E-state index contributed by atoms with van der Waals surface area (Å²) in [4.78, 5) is 95.3. The molecule has 1 unspecified atom stereocenters. The van der Waals surface area contributed by atoms with Crippen molar-refractivity contribution in [2.45, 2.75) is 124 Å². The molecule has 2 aliphatic carbocycles. The lowest BCUT2D eigenvalue weighted by molar-refractivity contribution is -0.150. The summed E-state index contributed by atoms with van der Waals surface area (Å²) in [5.74, 6) is -5.00. The molecule has 1 aromatic heterocycles. The zero-order valence-electron chi connectivity index (χ0n) is 36.6. The number of anilines is 1. The number of imide groups is 1. The highest BCUT2D eigenvalue weighted by Gasteiger charge is 2.72. The number of carboxylic acids is 1. The molecule has 5 heterocycles. The summed E-state index contributed by atoms with van der Waals surface area (Å²) >= 11 is 12.8. The molecule has 3 saturated heterocycles. The summed E-state index contributed by atoms with van der Waals surface area (Å²) < 4.78 is 25.4. The van der Waals surface area contributed by atoms with Gasteiger partial charge in [0.2, 0.25) is 29.5 Å². The predicted molar refractivity (Wildman–Crippen MR) is 243 cm³/mol. The van der Waals surface area contributed by atoms with Crippen molar-refractivity contribution in [1.29, 1.82) is 0 Å². The van der Waals surface area contributed by atoms with Crippen LogP contribution >= 0.6 is 23.2 Å². The Balaban J connectivity index is 0.842. The third-order valence-electron chi connectivity index (χ3n) is 15.4. The zero-order valence-corrected chi connectivity index (χ0v) is 38.1. The Morgan fingerprint density at radius 1 is 0.910 bits per heavy atom. The maximum absolute atomic E-state index is 16.4. The van der Waals surface area contributed by atoms with E-state index < -0.39 is 82.2 Å². The van der Waals surface area contributed by atoms with E-state index >= 15 is 4.39 Å². The lowest BCUT2D eigenvalue weighted by Gasteiger charge is -2.47. The number of nitrogens with zero attached hydrogens (tertiary/aromatic N) is 3. The van der Waals surface area contributed by atoms with E-state index in [2.05, 4.69) is 21.3 Å². The Hall–Kier alpha value is -5.78. The van der Waals surface area contributed by atoms with Crippen LogP contribution in [0.25, 0.3) is 11.0 Å². The van der Waals surface area contributed by atoms with Gasteiger partial charge in [0.05, 0.1) is 28.6 Å². The summed E-state index contributed by atoms with van der Waals surface area (Å²) in [6, 6.07) is 11.4. The number of hydrogen-bond donors (Lipinski definition) is 5. The molecule has 5 N–H and O–H groups in total. The lowest BCUT2D eigenvalue weighted by Crippen LogP contribution is -2.60. The normalized spacial score (nSPS) is 29.0. The third-order valence-corrected chi connectivity index (χ3v) is 16.0. The molecule has 0 bridgehead atoms. The molecule has 5 fully saturated rings. The van der Waals surface area contributed by atoms with Gasteiger partial charge >= 0.3 is 11.7 Å². The monoisotopic (exact) mass is 957 g/mol. The Bertz CT molecular complexity index is 2820. The van der Waals surface area contributed by atoms with Gasteiger partial charge in [0.25, 0.3) is 0 Å². The maximum atomic E-state index is 16.4. The van der Waals surface area contributed by atoms with Gasteiger partial charge in [0.15, 0.2) is 0 Å². The molecular weight excluding hydrogens is 908 g/mol. The van der Waals surface area contributed by atoms with Gasteiger partial charge in [0.1, 0.15) is 35.2 Å². The lowest BCUT2D eigenvalue weighted by atomic mass is 9.55. The number of hydrogen-bond acceptors (Lipinski definition) is 9. The number of imidazole rings is 1. The van der Waals surface area contributed by atoms with Gasteiger partial charge in [-0.2, -0.15) is 0 Å². The number of halogens is 3. The Labute approximate surface area is 393 Å². The van der Waals surface area contributed by atoms with E-state index in [4.69, 9.17) is 27.9 Å². The number of benzene rings is 3. The number of carbonyl (C=O) groups excluding carboxylic acids is 5. The van der Waals surface area contributed by atoms with E-state index in [1.165, 1.54) is 20.1 Å². The predicted octanol–water partition coefficient (Wildman–Crippen LogP) is 5.22. The smallest absolute Gasteiger partial charge is 0.329 e. The molecule has 352 valence electrons. The highest BCUT2D eigenvalue weighted by Crippen LogP contribution is 2.63. The van der Waals surface area contributed by atoms with Crippen LogP contribution in [0.1, 0.15) is 100 Å². The molecular formula is C48H50Cl2FN7O9. The van der Waals surface area contributed by atoms with Gasteiger partial charge in [0, 0.05) is 60.1 Å². The highest BCUT2D eigenvalue weighted by atomic mass is 35.5. The van der Waals surface area contributed by atoms with Crippen molar-refractivity contribution in [1.82, 2.24) is 30.0 Å². The Morgan fingerprint density at radius 3 is 2.40 bits per heavy atom. The molecule has 3 aromatic carbocycles. The van der Waals surface area contributed by atoms with Crippen molar-refractivity contribution < 1.29 is 43.0 Å². The molecule has 6 atom stereocenters. The third kappa shape index (κ3) is 7.30. The van der Waals surface area contributed by atoms with E-state index in [-0.39, 0.29) is 54.2 Å². The summed E-state index contributed by atoms with van der Waals surface area (Å²) in [6.07, 6.45) is 4.94. The minimum atomic E-state index is -1.38. The second-order valence-corrected chi connectivity index (χ2v) is 19.9. The van der Waals surface area contributed by atoms with Crippen LogP contribution in [0, 0.1) is 11.7 Å². The SMILES string of the molecule is Cn1c(=O)n(C2CCC(=O)NC2=O)c2ccc(O[C@@H]3C[C@@H](C(=O)O)N(C(=O)C4CCC(NC(=O)[C@@H]5NC6(CCCCC6)[C@@]6(C(=O)Nc7cc(Cl)ccc76)[C@H]5c5cccc(Cl)c5F)CC4)C3)cc21. The first kappa shape index (κ1) is 45.0. The number of amides is 5. The standard InChI is InChI=1S/C48H50Cl2FN7O9/c1-56-35-21-27(13-15-33(35)58(46(56)66)34-16-17-37(59)54-41(34)60)67-28-22-36(44(63)64)57(23-28)43(62)24-8-11-26(12-9-24)52-42(61)40-38(29-6-5-7-31(50)39(29)51)48(47(55-40)18-3-2-4-19-47)30-14-10-25(49)20-32(30)53-45(48)65/h5-7,10,13-15,20-21,24,26,28,34,36,38,40,55H,2-4,8-9,11-12,16-19,22-23H2,1H3,(H,52,61)(H,53,65)(H,63,64)(H,54,59,60)/t24?,26?,28-,34?,36+,38+,40-,48-/m1/s1. The van der Waals surface area contributed by atoms with E-state index in [9.17, 15) is 38.7 Å². The topological polar surface area (TPSA) is 210 Å². The molecule has 6 aliphatic rings. The molecule has 2 spiro atoms. The van der Waals surface area contributed by atoms with Gasteiger partial charge in [-0.1, -0.05) is 60.7 Å². The summed E-state index contributed by atoms with van der Waals surface area (Å²) in [7, 11) is 1.56. The van der Waals surface area contributed by atoms with Crippen LogP contribution in [0.4, 0.5) is 10.1 Å². The van der Waals surface area contributed by atoms with Crippen LogP contribution in [-0.2, 0) is 41.2 Å². The number of likely N-dealkylation sites (tertiary alicyclic amines) is 1. The van der Waals surface area contributed by atoms with Crippen molar-refractivity contribution in [2.75, 3.05) is 11.9 Å². The molecule has 67 heavy (non-hydrogen) atoms. The minimum Gasteiger partial charge on any atom is -0.488 e. The van der Waals surface area contributed by atoms with Crippen LogP contribution in [0.3, 0.4) is 0 Å². The molecule has 19 heteroatoms. The zero-order chi connectivity index (χ0) is 47.1. The van der Waals surface area contributed by atoms with Gasteiger partial charge < -0.3 is 25.4 Å². The summed E-state index contributed by atoms with van der Waals surface area (Å²) in [5, 5.41) is 22.8. The van der Waals surface area contributed by atoms with Crippen molar-refractivity contribution in [2.24, 2.45) is 13.0 Å². The number of aryl methyl sites for hydroxylation is 1. The fourth-order valence-corrected chi connectivity index (χ4v) is 12.8. The van der Waals surface area contributed by atoms with Crippen LogP contribution < -0.4 is 31.7 Å². The first-order valence-corrected chi connectivity index (χ1v) is 23.8. The van der Waals surface area contributed by atoms with E-state index in [1.807, 2.05) is 0 Å². The van der Waals surface area contributed by atoms with Crippen molar-refractivity contribution >= 4 is 75.4 Å². The molecule has 0 radical (unpaired) electrons. The van der Waals surface area contributed by atoms with Crippen LogP contribution in [0.15, 0.2) is 59.4 Å². The summed E-state index contributed by atoms with van der Waals surface area (Å²) in [5.41, 5.74) is -0.439. The number of carboxylic acid groups (broad SMARTS) is 1. The number of aromatic nitrogens is 2. The molecule has 16 nitrogen and oxygen atoms in total. The number of aliphatic carboxylic acids is 1. The van der Waals surface area contributed by atoms with Crippen LogP contribution in [-0.4, -0.2) is 91.0 Å². The minimum absolute atomic E-state index is 0.0158. The van der Waals surface area contributed by atoms with E-state index in [0.717, 1.165) is 19.3 Å². The van der Waals surface area contributed by atoms with Gasteiger partial charge in [-0.3, -0.25) is 43.7 Å². The first-order valence-electron chi connectivity index (χ1n) is 23.0. The van der Waals surface area contributed by atoms with Crippen molar-refractivity contribution in [3.63, 3.8) is 0 Å². The molecule has 4 aromatic rings. The van der Waals surface area contributed by atoms with E-state index in [0.29, 0.717) is 71.6 Å². The molecule has 4 aliphatic heterocycles. The Kier molecular flexibility index (Phi) is 11.5. The van der Waals surface area contributed by atoms with Gasteiger partial charge in [-0.05, 0) is 86.4 Å². The molecule has 2 saturated carbocycles. The first-order chi connectivity index (χ1) is 32.1. The van der Waals surface area contributed by atoms with Gasteiger partial charge in [-0.15, -0.1) is 0 Å². The number of carbonyl (C=O) groups is 6.